The van der Waals surface area contributed by atoms with E-state index < -0.39 is 17.5 Å². The molecule has 1 unspecified atom stereocenters. The topological polar surface area (TPSA) is 76.5 Å². The standard InChI is InChI=1S/C24H22ClFN4O3/c1-15(16-6-3-2-4-7-16)30-13-17(12-27-30)22(31)29-11-5-10-24(14-29)20-19(28-23(32)33-24)9-8-18(25)21(20)26/h2-4,6-9,12-13,15H,5,10-11,14H2,1H3,(H,28,32)/t15?,24-/m0/s1. The summed E-state index contributed by atoms with van der Waals surface area (Å²) < 4.78 is 22.4. The molecule has 170 valence electrons. The van der Waals surface area contributed by atoms with Crippen molar-refractivity contribution in [1.29, 1.82) is 0 Å². The number of halogens is 2. The predicted octanol–water partition coefficient (Wildman–Crippen LogP) is 4.98. The first-order chi connectivity index (χ1) is 15.9. The van der Waals surface area contributed by atoms with Crippen molar-refractivity contribution in [1.82, 2.24) is 14.7 Å². The number of nitrogens with zero attached hydrogens (tertiary/aromatic N) is 3. The van der Waals surface area contributed by atoms with Gasteiger partial charge in [0.25, 0.3) is 5.91 Å². The highest BCUT2D eigenvalue weighted by Crippen LogP contribution is 2.45. The average Bonchev–Trinajstić information content (AvgIpc) is 3.31. The number of ether oxygens (including phenoxy) is 1. The lowest BCUT2D eigenvalue weighted by molar-refractivity contribution is -0.0418. The molecule has 2 amide bonds. The largest absolute Gasteiger partial charge is 0.436 e. The Labute approximate surface area is 195 Å². The van der Waals surface area contributed by atoms with Crippen LogP contribution in [0, 0.1) is 5.82 Å². The van der Waals surface area contributed by atoms with E-state index in [1.54, 1.807) is 21.8 Å². The molecule has 0 radical (unpaired) electrons. The number of likely N-dealkylation sites (tertiary alicyclic amines) is 1. The van der Waals surface area contributed by atoms with Crippen molar-refractivity contribution < 1.29 is 18.7 Å². The van der Waals surface area contributed by atoms with Gasteiger partial charge in [-0.3, -0.25) is 14.8 Å². The number of rotatable bonds is 3. The Bertz CT molecular complexity index is 1230. The quantitative estimate of drug-likeness (QED) is 0.588. The fraction of sp³-hybridized carbons (Fsp3) is 0.292. The Hall–Kier alpha value is -3.39. The van der Waals surface area contributed by atoms with Crippen molar-refractivity contribution >= 4 is 29.3 Å². The Balaban J connectivity index is 1.43. The molecule has 3 heterocycles. The Kier molecular flexibility index (Phi) is 5.32. The molecule has 2 aliphatic heterocycles. The molecule has 1 spiro atoms. The average molecular weight is 469 g/mol. The van der Waals surface area contributed by atoms with Gasteiger partial charge in [0.15, 0.2) is 11.4 Å². The monoisotopic (exact) mass is 468 g/mol. The van der Waals surface area contributed by atoms with Crippen molar-refractivity contribution in [3.05, 3.63) is 82.4 Å². The number of aromatic nitrogens is 2. The molecule has 7 nitrogen and oxygen atoms in total. The molecule has 5 rings (SSSR count). The van der Waals surface area contributed by atoms with Gasteiger partial charge in [-0.2, -0.15) is 5.10 Å². The smallest absolute Gasteiger partial charge is 0.412 e. The maximum absolute atomic E-state index is 15.1. The zero-order valence-electron chi connectivity index (χ0n) is 17.9. The van der Waals surface area contributed by atoms with Crippen LogP contribution in [-0.4, -0.2) is 39.8 Å². The highest BCUT2D eigenvalue weighted by atomic mass is 35.5. The van der Waals surface area contributed by atoms with Gasteiger partial charge < -0.3 is 9.64 Å². The van der Waals surface area contributed by atoms with Gasteiger partial charge in [-0.25, -0.2) is 9.18 Å². The Morgan fingerprint density at radius 2 is 2.06 bits per heavy atom. The van der Waals surface area contributed by atoms with E-state index in [-0.39, 0.29) is 29.1 Å². The van der Waals surface area contributed by atoms with Gasteiger partial charge in [0.2, 0.25) is 0 Å². The van der Waals surface area contributed by atoms with Crippen LogP contribution in [0.3, 0.4) is 0 Å². The zero-order valence-corrected chi connectivity index (χ0v) is 18.7. The molecule has 9 heteroatoms. The second-order valence-electron chi connectivity index (χ2n) is 8.42. The molecule has 1 saturated heterocycles. The molecule has 1 N–H and O–H groups in total. The summed E-state index contributed by atoms with van der Waals surface area (Å²) in [5.74, 6) is -0.896. The molecule has 1 aromatic heterocycles. The summed E-state index contributed by atoms with van der Waals surface area (Å²) in [6.07, 6.45) is 3.49. The van der Waals surface area contributed by atoms with Gasteiger partial charge in [-0.15, -0.1) is 0 Å². The lowest BCUT2D eigenvalue weighted by Crippen LogP contribution is -2.53. The third-order valence-electron chi connectivity index (χ3n) is 6.34. The van der Waals surface area contributed by atoms with Crippen molar-refractivity contribution in [3.8, 4) is 0 Å². The number of carbonyl (C=O) groups excluding carboxylic acids is 2. The number of hydrogen-bond acceptors (Lipinski definition) is 4. The first-order valence-electron chi connectivity index (χ1n) is 10.7. The summed E-state index contributed by atoms with van der Waals surface area (Å²) in [6.45, 7) is 2.50. The van der Waals surface area contributed by atoms with Crippen LogP contribution in [0.1, 0.15) is 47.3 Å². The number of anilines is 1. The second kappa shape index (κ2) is 8.19. The van der Waals surface area contributed by atoms with Gasteiger partial charge in [0, 0.05) is 12.7 Å². The third kappa shape index (κ3) is 3.74. The molecule has 0 aliphatic carbocycles. The van der Waals surface area contributed by atoms with Crippen LogP contribution in [0.4, 0.5) is 14.9 Å². The van der Waals surface area contributed by atoms with E-state index in [4.69, 9.17) is 16.3 Å². The number of hydrogen-bond donors (Lipinski definition) is 1. The second-order valence-corrected chi connectivity index (χ2v) is 8.83. The summed E-state index contributed by atoms with van der Waals surface area (Å²) in [4.78, 5) is 27.2. The number of carbonyl (C=O) groups is 2. The van der Waals surface area contributed by atoms with Crippen LogP contribution in [0.25, 0.3) is 0 Å². The maximum atomic E-state index is 15.1. The molecule has 33 heavy (non-hydrogen) atoms. The normalized spacial score (nSPS) is 20.7. The van der Waals surface area contributed by atoms with Crippen LogP contribution in [0.2, 0.25) is 5.02 Å². The van der Waals surface area contributed by atoms with Gasteiger partial charge in [-0.1, -0.05) is 41.9 Å². The number of amides is 2. The van der Waals surface area contributed by atoms with Crippen LogP contribution >= 0.6 is 11.6 Å². The highest BCUT2D eigenvalue weighted by Gasteiger charge is 2.48. The van der Waals surface area contributed by atoms with E-state index in [2.05, 4.69) is 10.4 Å². The van der Waals surface area contributed by atoms with Gasteiger partial charge >= 0.3 is 6.09 Å². The Morgan fingerprint density at radius 3 is 2.85 bits per heavy atom. The first-order valence-corrected chi connectivity index (χ1v) is 11.1. The van der Waals surface area contributed by atoms with Crippen molar-refractivity contribution in [2.45, 2.75) is 31.4 Å². The van der Waals surface area contributed by atoms with Gasteiger partial charge in [0.05, 0.1) is 40.6 Å². The van der Waals surface area contributed by atoms with E-state index in [0.29, 0.717) is 30.6 Å². The SMILES string of the molecule is CC(c1ccccc1)n1cc(C(=O)N2CCC[C@@]3(C2)OC(=O)Nc2ccc(Cl)c(F)c23)cn1. The van der Waals surface area contributed by atoms with Gasteiger partial charge in [-0.05, 0) is 37.5 Å². The molecule has 2 atom stereocenters. The van der Waals surface area contributed by atoms with Crippen LogP contribution in [0.15, 0.2) is 54.9 Å². The van der Waals surface area contributed by atoms with Crippen LogP contribution in [0.5, 0.6) is 0 Å². The summed E-state index contributed by atoms with van der Waals surface area (Å²) in [6, 6.07) is 12.8. The minimum absolute atomic E-state index is 0.0307. The number of piperidine rings is 1. The number of fused-ring (bicyclic) bond motifs is 2. The fourth-order valence-electron chi connectivity index (χ4n) is 4.67. The first kappa shape index (κ1) is 21.5. The summed E-state index contributed by atoms with van der Waals surface area (Å²) >= 11 is 6.03. The van der Waals surface area contributed by atoms with Crippen molar-refractivity contribution in [2.24, 2.45) is 0 Å². The van der Waals surface area contributed by atoms with E-state index >= 15 is 4.39 Å². The summed E-state index contributed by atoms with van der Waals surface area (Å²) in [5.41, 5.74) is 0.685. The predicted molar refractivity (Wildman–Crippen MR) is 121 cm³/mol. The zero-order chi connectivity index (χ0) is 23.2. The highest BCUT2D eigenvalue weighted by molar-refractivity contribution is 6.31. The maximum Gasteiger partial charge on any atom is 0.412 e. The molecule has 0 bridgehead atoms. The lowest BCUT2D eigenvalue weighted by atomic mass is 9.83. The van der Waals surface area contributed by atoms with Crippen LogP contribution < -0.4 is 5.32 Å². The minimum Gasteiger partial charge on any atom is -0.436 e. The van der Waals surface area contributed by atoms with Gasteiger partial charge in [0.1, 0.15) is 0 Å². The molecule has 1 fully saturated rings. The molecule has 2 aromatic carbocycles. The molecule has 3 aromatic rings. The minimum atomic E-state index is -1.30. The summed E-state index contributed by atoms with van der Waals surface area (Å²) in [5, 5.41) is 6.85. The van der Waals surface area contributed by atoms with Crippen molar-refractivity contribution in [2.75, 3.05) is 18.4 Å². The number of benzene rings is 2. The molecular weight excluding hydrogens is 447 g/mol. The lowest BCUT2D eigenvalue weighted by Gasteiger charge is -2.45. The van der Waals surface area contributed by atoms with E-state index in [1.165, 1.54) is 12.3 Å². The Morgan fingerprint density at radius 1 is 1.27 bits per heavy atom. The van der Waals surface area contributed by atoms with E-state index in [0.717, 1.165) is 5.56 Å². The van der Waals surface area contributed by atoms with E-state index in [9.17, 15) is 9.59 Å². The van der Waals surface area contributed by atoms with E-state index in [1.807, 2.05) is 37.3 Å². The summed E-state index contributed by atoms with van der Waals surface area (Å²) in [7, 11) is 0. The third-order valence-corrected chi connectivity index (χ3v) is 6.64. The fourth-order valence-corrected chi connectivity index (χ4v) is 4.83. The molecule has 0 saturated carbocycles. The molecular formula is C24H22ClFN4O3. The molecule has 2 aliphatic rings. The van der Waals surface area contributed by atoms with Crippen LogP contribution in [-0.2, 0) is 10.3 Å². The number of nitrogens with one attached hydrogen (secondary N) is 1. The van der Waals surface area contributed by atoms with Crippen molar-refractivity contribution in [3.63, 3.8) is 0 Å².